The van der Waals surface area contributed by atoms with Gasteiger partial charge in [0.05, 0.1) is 0 Å². The van der Waals surface area contributed by atoms with Crippen LogP contribution in [-0.2, 0) is 0 Å². The molecule has 0 heterocycles. The summed E-state index contributed by atoms with van der Waals surface area (Å²) in [4.78, 5) is 0. The first-order valence-electron chi connectivity index (χ1n) is 8.85. The molecular formula is C25H17Cl. The summed E-state index contributed by atoms with van der Waals surface area (Å²) in [6.07, 6.45) is 2.19. The Balaban J connectivity index is 1.87. The summed E-state index contributed by atoms with van der Waals surface area (Å²) in [6.45, 7) is 2.10. The van der Waals surface area contributed by atoms with Crippen molar-refractivity contribution in [3.63, 3.8) is 0 Å². The summed E-state index contributed by atoms with van der Waals surface area (Å²) in [5.74, 6) is 0. The van der Waals surface area contributed by atoms with Gasteiger partial charge in [0, 0.05) is 5.02 Å². The van der Waals surface area contributed by atoms with Crippen molar-refractivity contribution in [3.8, 4) is 0 Å². The third-order valence-corrected chi connectivity index (χ3v) is 5.51. The molecule has 0 aromatic heterocycles. The van der Waals surface area contributed by atoms with Crippen molar-refractivity contribution in [2.45, 2.75) is 6.92 Å². The van der Waals surface area contributed by atoms with Gasteiger partial charge in [-0.05, 0) is 68.1 Å². The zero-order chi connectivity index (χ0) is 17.7. The summed E-state index contributed by atoms with van der Waals surface area (Å²) in [5.41, 5.74) is 3.69. The van der Waals surface area contributed by atoms with Crippen molar-refractivity contribution >= 4 is 49.5 Å². The molecule has 0 aliphatic rings. The first-order valence-corrected chi connectivity index (χ1v) is 9.23. The largest absolute Gasteiger partial charge is 0.0843 e. The fraction of sp³-hybridized carbons (Fsp3) is 0.0400. The molecule has 0 aliphatic heterocycles. The highest BCUT2D eigenvalue weighted by Crippen LogP contribution is 2.39. The van der Waals surface area contributed by atoms with Crippen molar-refractivity contribution < 1.29 is 0 Å². The minimum absolute atomic E-state index is 0.764. The molecule has 0 fully saturated rings. The highest BCUT2D eigenvalue weighted by atomic mass is 35.5. The van der Waals surface area contributed by atoms with E-state index in [1.165, 1.54) is 49.0 Å². The Kier molecular flexibility index (Phi) is 3.48. The molecule has 124 valence electrons. The van der Waals surface area contributed by atoms with Gasteiger partial charge in [-0.1, -0.05) is 84.4 Å². The van der Waals surface area contributed by atoms with Gasteiger partial charge in [-0.15, -0.1) is 0 Å². The minimum Gasteiger partial charge on any atom is -0.0843 e. The van der Waals surface area contributed by atoms with Crippen molar-refractivity contribution in [1.29, 1.82) is 0 Å². The fourth-order valence-corrected chi connectivity index (χ4v) is 4.20. The third-order valence-electron chi connectivity index (χ3n) is 5.26. The van der Waals surface area contributed by atoms with E-state index in [1.54, 1.807) is 0 Å². The monoisotopic (exact) mass is 352 g/mol. The van der Waals surface area contributed by atoms with Crippen LogP contribution in [-0.4, -0.2) is 0 Å². The zero-order valence-corrected chi connectivity index (χ0v) is 15.2. The van der Waals surface area contributed by atoms with Gasteiger partial charge < -0.3 is 0 Å². The molecule has 0 N–H and O–H groups in total. The van der Waals surface area contributed by atoms with Crippen LogP contribution in [0.2, 0.25) is 5.02 Å². The van der Waals surface area contributed by atoms with Gasteiger partial charge in [0.2, 0.25) is 0 Å². The van der Waals surface area contributed by atoms with Gasteiger partial charge >= 0.3 is 0 Å². The highest BCUT2D eigenvalue weighted by Gasteiger charge is 2.13. The molecule has 5 rings (SSSR count). The second-order valence-corrected chi connectivity index (χ2v) is 7.11. The molecule has 0 aliphatic carbocycles. The van der Waals surface area contributed by atoms with E-state index in [2.05, 4.69) is 79.7 Å². The molecule has 0 atom stereocenters. The predicted octanol–water partition coefficient (Wildman–Crippen LogP) is 7.69. The quantitative estimate of drug-likeness (QED) is 0.286. The Bertz CT molecular complexity index is 1260. The zero-order valence-electron chi connectivity index (χ0n) is 14.5. The van der Waals surface area contributed by atoms with Gasteiger partial charge in [0.15, 0.2) is 0 Å². The molecule has 5 aromatic rings. The molecular weight excluding hydrogens is 336 g/mol. The van der Waals surface area contributed by atoms with E-state index in [0.29, 0.717) is 0 Å². The number of rotatable bonds is 2. The number of halogens is 1. The number of benzene rings is 5. The Labute approximate surface area is 157 Å². The second kappa shape index (κ2) is 5.86. The lowest BCUT2D eigenvalue weighted by Crippen LogP contribution is -1.92. The average Bonchev–Trinajstić information content (AvgIpc) is 2.69. The van der Waals surface area contributed by atoms with E-state index < -0.39 is 0 Å². The van der Waals surface area contributed by atoms with Crippen LogP contribution in [0, 0.1) is 0 Å². The van der Waals surface area contributed by atoms with Crippen molar-refractivity contribution in [2.24, 2.45) is 0 Å². The summed E-state index contributed by atoms with van der Waals surface area (Å²) < 4.78 is 0. The van der Waals surface area contributed by atoms with Crippen LogP contribution >= 0.6 is 11.6 Å². The second-order valence-electron chi connectivity index (χ2n) is 6.68. The molecule has 0 bridgehead atoms. The van der Waals surface area contributed by atoms with Crippen LogP contribution < -0.4 is 0 Å². The van der Waals surface area contributed by atoms with Crippen molar-refractivity contribution in [2.75, 3.05) is 0 Å². The Morgan fingerprint density at radius 3 is 2.00 bits per heavy atom. The molecule has 0 amide bonds. The Morgan fingerprint density at radius 2 is 1.31 bits per heavy atom. The first kappa shape index (κ1) is 15.4. The van der Waals surface area contributed by atoms with Gasteiger partial charge in [-0.25, -0.2) is 0 Å². The van der Waals surface area contributed by atoms with Gasteiger partial charge in [-0.3, -0.25) is 0 Å². The van der Waals surface area contributed by atoms with E-state index in [0.717, 1.165) is 5.02 Å². The third kappa shape index (κ3) is 2.23. The molecule has 5 aromatic carbocycles. The molecule has 0 nitrogen and oxygen atoms in total. The lowest BCUT2D eigenvalue weighted by atomic mass is 9.88. The van der Waals surface area contributed by atoms with E-state index in [1.807, 2.05) is 12.1 Å². The summed E-state index contributed by atoms with van der Waals surface area (Å²) in [5, 5.41) is 8.66. The van der Waals surface area contributed by atoms with Gasteiger partial charge in [-0.2, -0.15) is 0 Å². The minimum atomic E-state index is 0.764. The van der Waals surface area contributed by atoms with E-state index in [4.69, 9.17) is 11.6 Å². The van der Waals surface area contributed by atoms with Crippen LogP contribution in [0.3, 0.4) is 0 Å². The first-order chi connectivity index (χ1) is 12.8. The number of hydrogen-bond donors (Lipinski definition) is 0. The maximum absolute atomic E-state index is 6.08. The van der Waals surface area contributed by atoms with Gasteiger partial charge in [0.25, 0.3) is 0 Å². The maximum atomic E-state index is 6.08. The maximum Gasteiger partial charge on any atom is 0.0406 e. The molecule has 26 heavy (non-hydrogen) atoms. The summed E-state index contributed by atoms with van der Waals surface area (Å²) in [6, 6.07) is 28.1. The normalized spacial score (nSPS) is 12.5. The molecule has 0 unspecified atom stereocenters. The number of allylic oxidation sites excluding steroid dienone is 1. The Hall–Kier alpha value is -2.83. The standard InChI is InChI=1S/C25H17Cl/c1-2-21(16-8-12-20(26)13-9-16)22-14-10-19-7-6-17-4-3-5-18-11-15-23(22)25(19)24(17)18/h2-15H,1H3. The molecule has 0 saturated heterocycles. The Morgan fingerprint density at radius 1 is 0.692 bits per heavy atom. The fourth-order valence-electron chi connectivity index (χ4n) is 4.08. The molecule has 0 spiro atoms. The molecule has 0 saturated carbocycles. The predicted molar refractivity (Wildman–Crippen MR) is 114 cm³/mol. The SMILES string of the molecule is CC=C(c1ccc(Cl)cc1)c1ccc2ccc3cccc4ccc1c2c34. The lowest BCUT2D eigenvalue weighted by molar-refractivity contribution is 1.56. The van der Waals surface area contributed by atoms with Crippen LogP contribution in [0.25, 0.3) is 37.9 Å². The van der Waals surface area contributed by atoms with Crippen LogP contribution in [0.1, 0.15) is 18.1 Å². The van der Waals surface area contributed by atoms with Crippen LogP contribution in [0.15, 0.2) is 84.9 Å². The van der Waals surface area contributed by atoms with E-state index >= 15 is 0 Å². The lowest BCUT2D eigenvalue weighted by Gasteiger charge is -2.16. The number of hydrogen-bond acceptors (Lipinski definition) is 0. The van der Waals surface area contributed by atoms with Crippen molar-refractivity contribution in [3.05, 3.63) is 101 Å². The van der Waals surface area contributed by atoms with Crippen LogP contribution in [0.4, 0.5) is 0 Å². The van der Waals surface area contributed by atoms with Crippen molar-refractivity contribution in [1.82, 2.24) is 0 Å². The van der Waals surface area contributed by atoms with Crippen LogP contribution in [0.5, 0.6) is 0 Å². The molecule has 1 heteroatoms. The average molecular weight is 353 g/mol. The van der Waals surface area contributed by atoms with E-state index in [9.17, 15) is 0 Å². The van der Waals surface area contributed by atoms with Gasteiger partial charge in [0.1, 0.15) is 0 Å². The smallest absolute Gasteiger partial charge is 0.0406 e. The summed E-state index contributed by atoms with van der Waals surface area (Å²) in [7, 11) is 0. The van der Waals surface area contributed by atoms with E-state index in [-0.39, 0.29) is 0 Å². The highest BCUT2D eigenvalue weighted by molar-refractivity contribution is 6.30. The molecule has 0 radical (unpaired) electrons. The topological polar surface area (TPSA) is 0 Å². The summed E-state index contributed by atoms with van der Waals surface area (Å²) >= 11 is 6.08.